The quantitative estimate of drug-likeness (QED) is 0.812. The molecule has 7 heteroatoms. The Labute approximate surface area is 82.4 Å². The van der Waals surface area contributed by atoms with Crippen LogP contribution in [-0.4, -0.2) is 24.3 Å². The largest absolute Gasteiger partial charge is 0.386 e. The van der Waals surface area contributed by atoms with Crippen molar-refractivity contribution < 1.29 is 5.11 Å². The van der Waals surface area contributed by atoms with E-state index in [1.54, 1.807) is 5.38 Å². The van der Waals surface area contributed by atoms with Crippen LogP contribution in [0.2, 0.25) is 0 Å². The van der Waals surface area contributed by atoms with Crippen LogP contribution in [0, 0.1) is 0 Å². The fourth-order valence-electron chi connectivity index (χ4n) is 0.893. The number of hydrogen-bond donors (Lipinski definition) is 1. The van der Waals surface area contributed by atoms with Crippen molar-refractivity contribution in [1.29, 1.82) is 0 Å². The highest BCUT2D eigenvalue weighted by Crippen LogP contribution is 2.15. The van der Waals surface area contributed by atoms with Gasteiger partial charge in [0.2, 0.25) is 0 Å². The molecule has 0 aliphatic rings. The van der Waals surface area contributed by atoms with Gasteiger partial charge in [-0.2, -0.15) is 0 Å². The molecule has 0 fully saturated rings. The Morgan fingerprint density at radius 2 is 2.00 bits per heavy atom. The maximum absolute atomic E-state index is 9.62. The lowest BCUT2D eigenvalue weighted by molar-refractivity contribution is 0.172. The monoisotopic (exact) mass is 214 g/mol. The molecule has 0 aliphatic carbocycles. The summed E-state index contributed by atoms with van der Waals surface area (Å²) < 4.78 is 7.37. The molecule has 0 aromatic carbocycles. The number of rotatable bonds is 3. The number of aliphatic hydroxyl groups excluding tert-OH is 1. The van der Waals surface area contributed by atoms with E-state index in [2.05, 4.69) is 19.2 Å². The summed E-state index contributed by atoms with van der Waals surface area (Å²) in [5.41, 5.74) is 1.38. The Hall–Kier alpha value is -0.920. The lowest BCUT2D eigenvalue weighted by Gasteiger charge is -2.02. The Bertz CT molecular complexity index is 347. The highest BCUT2D eigenvalue weighted by atomic mass is 32.1. The standard InChI is InChI=1S/C6H6N4OS2/c11-6(5-3-13-10-8-5)1-4-2-12-9-7-4/h2-3,6,11H,1H2. The first-order valence-corrected chi connectivity index (χ1v) is 5.24. The van der Waals surface area contributed by atoms with E-state index in [9.17, 15) is 5.11 Å². The third kappa shape index (κ3) is 2.06. The van der Waals surface area contributed by atoms with Gasteiger partial charge in [-0.1, -0.05) is 8.98 Å². The van der Waals surface area contributed by atoms with E-state index in [1.807, 2.05) is 5.38 Å². The number of hydrogen-bond acceptors (Lipinski definition) is 7. The molecule has 5 nitrogen and oxygen atoms in total. The van der Waals surface area contributed by atoms with Crippen LogP contribution < -0.4 is 0 Å². The van der Waals surface area contributed by atoms with Gasteiger partial charge in [-0.05, 0) is 23.1 Å². The van der Waals surface area contributed by atoms with Crippen molar-refractivity contribution in [3.05, 3.63) is 22.1 Å². The summed E-state index contributed by atoms with van der Waals surface area (Å²) in [5.74, 6) is 0. The molecule has 2 rings (SSSR count). The summed E-state index contributed by atoms with van der Waals surface area (Å²) >= 11 is 2.50. The van der Waals surface area contributed by atoms with Crippen LogP contribution in [0.5, 0.6) is 0 Å². The van der Waals surface area contributed by atoms with E-state index >= 15 is 0 Å². The van der Waals surface area contributed by atoms with Crippen molar-refractivity contribution >= 4 is 23.1 Å². The molecule has 0 amide bonds. The summed E-state index contributed by atoms with van der Waals surface area (Å²) in [6.45, 7) is 0. The van der Waals surface area contributed by atoms with Crippen LogP contribution in [0.15, 0.2) is 10.8 Å². The third-order valence-corrected chi connectivity index (χ3v) is 2.60. The first-order valence-electron chi connectivity index (χ1n) is 3.57. The second kappa shape index (κ2) is 3.86. The molecule has 0 saturated carbocycles. The second-order valence-corrected chi connectivity index (χ2v) is 3.67. The highest BCUT2D eigenvalue weighted by Gasteiger charge is 2.12. The van der Waals surface area contributed by atoms with Gasteiger partial charge >= 0.3 is 0 Å². The van der Waals surface area contributed by atoms with Gasteiger partial charge in [0.25, 0.3) is 0 Å². The number of aliphatic hydroxyl groups is 1. The van der Waals surface area contributed by atoms with Gasteiger partial charge in [0.05, 0.1) is 5.69 Å². The van der Waals surface area contributed by atoms with Crippen molar-refractivity contribution in [2.75, 3.05) is 0 Å². The second-order valence-electron chi connectivity index (χ2n) is 2.45. The maximum atomic E-state index is 9.62. The van der Waals surface area contributed by atoms with E-state index in [1.165, 1.54) is 23.1 Å². The summed E-state index contributed by atoms with van der Waals surface area (Å²) in [6.07, 6.45) is -0.176. The van der Waals surface area contributed by atoms with E-state index in [0.717, 1.165) is 5.69 Å². The molecular weight excluding hydrogens is 208 g/mol. The fourth-order valence-corrected chi connectivity index (χ4v) is 1.86. The lowest BCUT2D eigenvalue weighted by atomic mass is 10.2. The minimum Gasteiger partial charge on any atom is -0.386 e. The third-order valence-electron chi connectivity index (χ3n) is 1.53. The highest BCUT2D eigenvalue weighted by molar-refractivity contribution is 7.03. The minimum atomic E-state index is -0.623. The normalized spacial score (nSPS) is 13.0. The smallest absolute Gasteiger partial charge is 0.104 e. The molecule has 68 valence electrons. The molecule has 0 bridgehead atoms. The molecule has 0 saturated heterocycles. The molecule has 1 unspecified atom stereocenters. The van der Waals surface area contributed by atoms with Crippen LogP contribution in [0.3, 0.4) is 0 Å². The first kappa shape index (κ1) is 8.67. The van der Waals surface area contributed by atoms with Crippen molar-refractivity contribution in [3.8, 4) is 0 Å². The summed E-state index contributed by atoms with van der Waals surface area (Å²) in [7, 11) is 0. The van der Waals surface area contributed by atoms with Gasteiger partial charge in [-0.15, -0.1) is 10.2 Å². The van der Waals surface area contributed by atoms with Crippen molar-refractivity contribution in [1.82, 2.24) is 19.2 Å². The molecule has 1 atom stereocenters. The Morgan fingerprint density at radius 1 is 1.23 bits per heavy atom. The van der Waals surface area contributed by atoms with Crippen LogP contribution in [0.25, 0.3) is 0 Å². The van der Waals surface area contributed by atoms with Gasteiger partial charge in [-0.3, -0.25) is 0 Å². The zero-order chi connectivity index (χ0) is 9.10. The number of aromatic nitrogens is 4. The Kier molecular flexibility index (Phi) is 2.57. The number of nitrogens with zero attached hydrogens (tertiary/aromatic N) is 4. The van der Waals surface area contributed by atoms with Crippen molar-refractivity contribution in [2.24, 2.45) is 0 Å². The van der Waals surface area contributed by atoms with Gasteiger partial charge < -0.3 is 5.11 Å². The molecular formula is C6H6N4OS2. The molecule has 0 radical (unpaired) electrons. The van der Waals surface area contributed by atoms with Crippen molar-refractivity contribution in [3.63, 3.8) is 0 Å². The molecule has 2 aromatic rings. The topological polar surface area (TPSA) is 71.8 Å². The average Bonchev–Trinajstić information content (AvgIpc) is 2.74. The van der Waals surface area contributed by atoms with Crippen LogP contribution >= 0.6 is 23.1 Å². The van der Waals surface area contributed by atoms with Gasteiger partial charge in [0.1, 0.15) is 11.8 Å². The average molecular weight is 214 g/mol. The summed E-state index contributed by atoms with van der Waals surface area (Å²) in [4.78, 5) is 0. The van der Waals surface area contributed by atoms with Gasteiger partial charge in [0.15, 0.2) is 0 Å². The van der Waals surface area contributed by atoms with E-state index in [0.29, 0.717) is 12.1 Å². The Balaban J connectivity index is 2.04. The predicted molar refractivity (Wildman–Crippen MR) is 48.5 cm³/mol. The van der Waals surface area contributed by atoms with E-state index in [-0.39, 0.29) is 0 Å². The molecule has 1 N–H and O–H groups in total. The zero-order valence-electron chi connectivity index (χ0n) is 6.49. The van der Waals surface area contributed by atoms with Crippen LogP contribution in [0.4, 0.5) is 0 Å². The van der Waals surface area contributed by atoms with Crippen LogP contribution in [-0.2, 0) is 6.42 Å². The van der Waals surface area contributed by atoms with E-state index in [4.69, 9.17) is 0 Å². The molecule has 2 aromatic heterocycles. The van der Waals surface area contributed by atoms with Gasteiger partial charge in [-0.25, -0.2) is 0 Å². The van der Waals surface area contributed by atoms with Crippen molar-refractivity contribution in [2.45, 2.75) is 12.5 Å². The molecule has 2 heterocycles. The lowest BCUT2D eigenvalue weighted by Crippen LogP contribution is -2.02. The minimum absolute atomic E-state index is 0.446. The summed E-state index contributed by atoms with van der Waals surface area (Å²) in [6, 6.07) is 0. The first-order chi connectivity index (χ1) is 6.36. The SMILES string of the molecule is OC(Cc1csnn1)c1csnn1. The zero-order valence-corrected chi connectivity index (χ0v) is 8.12. The predicted octanol–water partition coefficient (Wildman–Crippen LogP) is 0.666. The maximum Gasteiger partial charge on any atom is 0.104 e. The molecule has 13 heavy (non-hydrogen) atoms. The summed E-state index contributed by atoms with van der Waals surface area (Å²) in [5, 5.41) is 20.8. The Morgan fingerprint density at radius 3 is 2.62 bits per heavy atom. The van der Waals surface area contributed by atoms with E-state index < -0.39 is 6.10 Å². The fraction of sp³-hybridized carbons (Fsp3) is 0.333. The molecule has 0 aliphatic heterocycles. The van der Waals surface area contributed by atoms with Crippen LogP contribution in [0.1, 0.15) is 17.5 Å². The molecule has 0 spiro atoms. The van der Waals surface area contributed by atoms with Gasteiger partial charge in [0, 0.05) is 17.2 Å².